The van der Waals surface area contributed by atoms with Gasteiger partial charge in [-0.1, -0.05) is 11.8 Å². The Morgan fingerprint density at radius 3 is 2.69 bits per heavy atom. The van der Waals surface area contributed by atoms with E-state index in [-0.39, 0.29) is 11.8 Å². The van der Waals surface area contributed by atoms with Gasteiger partial charge in [-0.3, -0.25) is 4.79 Å². The number of carbonyl (C=O) groups excluding carboxylic acids is 1. The zero-order chi connectivity index (χ0) is 11.9. The molecule has 5 N–H and O–H groups in total. The minimum Gasteiger partial charge on any atom is -0.395 e. The van der Waals surface area contributed by atoms with Gasteiger partial charge in [-0.15, -0.1) is 11.8 Å². The van der Waals surface area contributed by atoms with E-state index < -0.39 is 33.9 Å². The van der Waals surface area contributed by atoms with Gasteiger partial charge >= 0.3 is 0 Å². The number of fused-ring (bicyclic) bond motifs is 1. The van der Waals surface area contributed by atoms with Crippen molar-refractivity contribution in [3.8, 4) is 0 Å². The van der Waals surface area contributed by atoms with E-state index in [2.05, 4.69) is 4.99 Å². The quantitative estimate of drug-likeness (QED) is 0.439. The number of nitrogens with zero attached hydrogens (tertiary/aromatic N) is 1. The highest BCUT2D eigenvalue weighted by Gasteiger charge is 2.49. The van der Waals surface area contributed by atoms with Crippen molar-refractivity contribution in [3.63, 3.8) is 0 Å². The lowest BCUT2D eigenvalue weighted by atomic mass is 10.0. The number of hydrogen-bond donors (Lipinski definition) is 4. The first-order chi connectivity index (χ1) is 7.54. The van der Waals surface area contributed by atoms with Crippen LogP contribution in [0.1, 0.15) is 0 Å². The number of nitrogens with two attached hydrogens (primary N) is 1. The van der Waals surface area contributed by atoms with Crippen LogP contribution >= 0.6 is 23.5 Å². The average molecular weight is 264 g/mol. The van der Waals surface area contributed by atoms with Crippen molar-refractivity contribution in [1.29, 1.82) is 0 Å². The van der Waals surface area contributed by atoms with E-state index in [1.54, 1.807) is 0 Å². The summed E-state index contributed by atoms with van der Waals surface area (Å²) in [5, 5.41) is 27.1. The molecule has 0 unspecified atom stereocenters. The summed E-state index contributed by atoms with van der Waals surface area (Å²) < 4.78 is 0. The number of rotatable bonds is 1. The van der Waals surface area contributed by atoms with Crippen LogP contribution in [0.5, 0.6) is 0 Å². The Balaban J connectivity index is 2.24. The molecule has 8 heteroatoms. The van der Waals surface area contributed by atoms with E-state index in [4.69, 9.17) is 10.8 Å². The van der Waals surface area contributed by atoms with Crippen LogP contribution < -0.4 is 5.73 Å². The second-order valence-corrected chi connectivity index (χ2v) is 6.21. The van der Waals surface area contributed by atoms with Gasteiger partial charge in [0.05, 0.1) is 29.3 Å². The Morgan fingerprint density at radius 1 is 1.38 bits per heavy atom. The largest absolute Gasteiger partial charge is 0.395 e. The molecule has 2 aliphatic heterocycles. The van der Waals surface area contributed by atoms with Gasteiger partial charge < -0.3 is 21.1 Å². The number of hydrogen-bond acceptors (Lipinski definition) is 7. The summed E-state index contributed by atoms with van der Waals surface area (Å²) in [7, 11) is 0. The van der Waals surface area contributed by atoms with Gasteiger partial charge in [0.25, 0.3) is 5.91 Å². The summed E-state index contributed by atoms with van der Waals surface area (Å²) in [5.74, 6) is -0.407. The second-order valence-electron chi connectivity index (χ2n) is 3.63. The molecule has 0 aromatic rings. The molecule has 16 heavy (non-hydrogen) atoms. The van der Waals surface area contributed by atoms with Crippen molar-refractivity contribution in [2.45, 2.75) is 28.0 Å². The highest BCUT2D eigenvalue weighted by atomic mass is 32.2. The molecule has 0 aromatic carbocycles. The molecule has 2 aliphatic rings. The summed E-state index contributed by atoms with van der Waals surface area (Å²) in [6.45, 7) is -0.288. The van der Waals surface area contributed by atoms with Crippen LogP contribution in [0.25, 0.3) is 0 Å². The van der Waals surface area contributed by atoms with Crippen molar-refractivity contribution in [3.05, 3.63) is 0 Å². The van der Waals surface area contributed by atoms with Crippen LogP contribution in [0.15, 0.2) is 4.99 Å². The minimum absolute atomic E-state index is 0.112. The SMILES string of the molecule is NC1=NC(=O)[C@@H]2S[C@H](CO)[C@@H](O)[C@H](O)[C@@H]2S1. The normalized spacial score (nSPS) is 43.8. The molecule has 0 bridgehead atoms. The molecule has 5 atom stereocenters. The smallest absolute Gasteiger partial charge is 0.262 e. The fraction of sp³-hybridized carbons (Fsp3) is 0.750. The number of amides is 1. The molecule has 1 fully saturated rings. The highest BCUT2D eigenvalue weighted by Crippen LogP contribution is 2.41. The van der Waals surface area contributed by atoms with Crippen LogP contribution in [-0.2, 0) is 4.79 Å². The molecule has 6 nitrogen and oxygen atoms in total. The zero-order valence-electron chi connectivity index (χ0n) is 8.18. The van der Waals surface area contributed by atoms with Gasteiger partial charge in [0, 0.05) is 0 Å². The van der Waals surface area contributed by atoms with Crippen LogP contribution in [0.3, 0.4) is 0 Å². The van der Waals surface area contributed by atoms with Gasteiger partial charge in [-0.05, 0) is 0 Å². The Hall–Kier alpha value is -0.280. The Labute approximate surface area is 100 Å². The Morgan fingerprint density at radius 2 is 2.06 bits per heavy atom. The molecule has 0 radical (unpaired) electrons. The fourth-order valence-corrected chi connectivity index (χ4v) is 4.35. The van der Waals surface area contributed by atoms with Gasteiger partial charge in [0.15, 0.2) is 5.17 Å². The maximum atomic E-state index is 11.6. The number of carbonyl (C=O) groups is 1. The van der Waals surface area contributed by atoms with Crippen LogP contribution in [0.2, 0.25) is 0 Å². The number of thioether (sulfide) groups is 2. The van der Waals surface area contributed by atoms with Crippen molar-refractivity contribution in [2.75, 3.05) is 6.61 Å². The summed E-state index contributed by atoms with van der Waals surface area (Å²) >= 11 is 2.24. The first-order valence-corrected chi connectivity index (χ1v) is 6.54. The zero-order valence-corrected chi connectivity index (χ0v) is 9.82. The monoisotopic (exact) mass is 264 g/mol. The molecule has 0 aliphatic carbocycles. The van der Waals surface area contributed by atoms with Gasteiger partial charge in [-0.25, -0.2) is 0 Å². The maximum Gasteiger partial charge on any atom is 0.262 e. The molecule has 1 saturated heterocycles. The lowest BCUT2D eigenvalue weighted by Gasteiger charge is -2.41. The predicted octanol–water partition coefficient (Wildman–Crippen LogP) is -1.86. The second kappa shape index (κ2) is 4.53. The third-order valence-corrected chi connectivity index (χ3v) is 5.48. The fourth-order valence-electron chi connectivity index (χ4n) is 1.76. The molecule has 2 rings (SSSR count). The molecule has 1 amide bonds. The maximum absolute atomic E-state index is 11.6. The third kappa shape index (κ3) is 1.95. The Bertz CT molecular complexity index is 338. The third-order valence-electron chi connectivity index (χ3n) is 2.59. The van der Waals surface area contributed by atoms with E-state index >= 15 is 0 Å². The predicted molar refractivity (Wildman–Crippen MR) is 62.3 cm³/mol. The summed E-state index contributed by atoms with van der Waals surface area (Å²) in [6, 6.07) is 0. The lowest BCUT2D eigenvalue weighted by Crippen LogP contribution is -2.56. The topological polar surface area (TPSA) is 116 Å². The Kier molecular flexibility index (Phi) is 3.45. The van der Waals surface area contributed by atoms with Crippen LogP contribution in [0.4, 0.5) is 0 Å². The number of aliphatic hydroxyl groups excluding tert-OH is 3. The average Bonchev–Trinajstić information content (AvgIpc) is 2.24. The van der Waals surface area contributed by atoms with Crippen molar-refractivity contribution in [1.82, 2.24) is 0 Å². The van der Waals surface area contributed by atoms with Crippen molar-refractivity contribution in [2.24, 2.45) is 10.7 Å². The molecular formula is C8H12N2O4S2. The van der Waals surface area contributed by atoms with Gasteiger partial charge in [-0.2, -0.15) is 4.99 Å². The molecule has 90 valence electrons. The van der Waals surface area contributed by atoms with Gasteiger partial charge in [0.2, 0.25) is 0 Å². The lowest BCUT2D eigenvalue weighted by molar-refractivity contribution is -0.118. The number of amidine groups is 1. The molecule has 0 spiro atoms. The van der Waals surface area contributed by atoms with E-state index in [9.17, 15) is 15.0 Å². The summed E-state index contributed by atoms with van der Waals surface area (Å²) in [4.78, 5) is 15.2. The van der Waals surface area contributed by atoms with Crippen molar-refractivity contribution >= 4 is 34.6 Å². The summed E-state index contributed by atoms with van der Waals surface area (Å²) in [6.07, 6.45) is -2.13. The van der Waals surface area contributed by atoms with Gasteiger partial charge in [0.1, 0.15) is 5.25 Å². The molecular weight excluding hydrogens is 252 g/mol. The molecule has 0 saturated carbocycles. The number of aliphatic imine (C=N–C) groups is 1. The van der Waals surface area contributed by atoms with E-state index in [0.29, 0.717) is 0 Å². The van der Waals surface area contributed by atoms with Crippen molar-refractivity contribution < 1.29 is 20.1 Å². The highest BCUT2D eigenvalue weighted by molar-refractivity contribution is 8.15. The first kappa shape index (κ1) is 12.2. The van der Waals surface area contributed by atoms with Crippen LogP contribution in [0, 0.1) is 0 Å². The minimum atomic E-state index is -1.08. The van der Waals surface area contributed by atoms with E-state index in [1.165, 1.54) is 0 Å². The molecule has 2 heterocycles. The summed E-state index contributed by atoms with van der Waals surface area (Å²) in [5.41, 5.74) is 5.45. The van der Waals surface area contributed by atoms with E-state index in [1.807, 2.05) is 0 Å². The first-order valence-electron chi connectivity index (χ1n) is 4.71. The van der Waals surface area contributed by atoms with Crippen LogP contribution in [-0.4, -0.2) is 61.0 Å². The number of aliphatic hydroxyl groups is 3. The standard InChI is InChI=1S/C8H12N2O4S2/c9-8-10-7(14)6-5(16-8)4(13)3(12)2(1-11)15-6/h2-6,11-13H,1H2,(H2,9,10,14)/t2-,3-,4+,5+,6-/m1/s1. The van der Waals surface area contributed by atoms with E-state index in [0.717, 1.165) is 23.5 Å². The molecule has 0 aromatic heterocycles.